The number of nitrogens with one attached hydrogen (secondary N) is 1. The summed E-state index contributed by atoms with van der Waals surface area (Å²) in [7, 11) is 0. The van der Waals surface area contributed by atoms with E-state index >= 15 is 0 Å². The summed E-state index contributed by atoms with van der Waals surface area (Å²) < 4.78 is 1.92. The molecule has 0 aliphatic rings. The molecule has 123 valence electrons. The number of nitriles is 2. The van der Waals surface area contributed by atoms with Crippen LogP contribution in [0.5, 0.6) is 0 Å². The molecule has 26 heavy (non-hydrogen) atoms. The van der Waals surface area contributed by atoms with E-state index in [0.717, 1.165) is 19.6 Å². The van der Waals surface area contributed by atoms with Crippen LogP contribution in [0.25, 0.3) is 10.9 Å². The van der Waals surface area contributed by atoms with Gasteiger partial charge in [-0.15, -0.1) is 0 Å². The van der Waals surface area contributed by atoms with Gasteiger partial charge in [-0.1, -0.05) is 0 Å². The van der Waals surface area contributed by atoms with E-state index in [4.69, 9.17) is 5.26 Å². The number of pyridine rings is 1. The molecule has 3 rings (SSSR count). The van der Waals surface area contributed by atoms with Crippen molar-refractivity contribution in [3.63, 3.8) is 0 Å². The first kappa shape index (κ1) is 17.4. The van der Waals surface area contributed by atoms with E-state index in [0.29, 0.717) is 16.8 Å². The summed E-state index contributed by atoms with van der Waals surface area (Å²) in [6, 6.07) is 17.1. The quantitative estimate of drug-likeness (QED) is 0.535. The summed E-state index contributed by atoms with van der Waals surface area (Å²) in [4.78, 5) is 15.9. The summed E-state index contributed by atoms with van der Waals surface area (Å²) in [5, 5.41) is 22.2. The molecule has 0 aliphatic carbocycles. The van der Waals surface area contributed by atoms with Crippen LogP contribution in [0.2, 0.25) is 0 Å². The molecule has 0 spiro atoms. The Morgan fingerprint density at radius 2 is 2.04 bits per heavy atom. The maximum atomic E-state index is 11.6. The van der Waals surface area contributed by atoms with Gasteiger partial charge in [0.2, 0.25) is 0 Å². The van der Waals surface area contributed by atoms with Crippen molar-refractivity contribution in [2.24, 2.45) is 0 Å². The minimum atomic E-state index is -0.533. The summed E-state index contributed by atoms with van der Waals surface area (Å²) >= 11 is -0.533. The number of aromatic nitrogens is 1. The molecule has 1 N–H and O–H groups in total. The van der Waals surface area contributed by atoms with E-state index < -0.39 is 15.8 Å². The molecule has 1 amide bonds. The summed E-state index contributed by atoms with van der Waals surface area (Å²) in [5.74, 6) is -0.301. The monoisotopic (exact) mass is 399 g/mol. The Bertz CT molecular complexity index is 1110. The number of rotatable bonds is 4. The molecule has 0 unspecified atom stereocenters. The van der Waals surface area contributed by atoms with Crippen molar-refractivity contribution in [2.75, 3.05) is 5.32 Å². The Kier molecular flexibility index (Phi) is 5.13. The third-order valence-electron chi connectivity index (χ3n) is 3.63. The molecule has 0 saturated carbocycles. The molecular weight excluding hydrogens is 387 g/mol. The van der Waals surface area contributed by atoms with Crippen molar-refractivity contribution in [2.45, 2.75) is 0 Å². The van der Waals surface area contributed by atoms with Crippen molar-refractivity contribution >= 4 is 47.0 Å². The second-order valence-electron chi connectivity index (χ2n) is 5.33. The van der Waals surface area contributed by atoms with E-state index in [9.17, 15) is 10.1 Å². The Morgan fingerprint density at radius 3 is 2.77 bits per heavy atom. The van der Waals surface area contributed by atoms with Crippen LogP contribution >= 0.6 is 0 Å². The number of hydrogen-bond donors (Lipinski definition) is 1. The second kappa shape index (κ2) is 7.66. The fraction of sp³-hybridized carbons (Fsp3) is 0. The van der Waals surface area contributed by atoms with E-state index in [1.807, 2.05) is 30.3 Å². The summed E-state index contributed by atoms with van der Waals surface area (Å²) in [5.41, 5.74) is 2.47. The number of carbonyl (C=O) groups is 1. The van der Waals surface area contributed by atoms with Crippen LogP contribution < -0.4 is 14.0 Å². The Labute approximate surface area is 157 Å². The molecule has 0 bridgehead atoms. The maximum absolute atomic E-state index is 11.6. The topological polar surface area (TPSA) is 89.6 Å². The van der Waals surface area contributed by atoms with Gasteiger partial charge in [0.15, 0.2) is 0 Å². The van der Waals surface area contributed by atoms with Crippen LogP contribution in [0, 0.1) is 22.7 Å². The van der Waals surface area contributed by atoms with Gasteiger partial charge in [-0.3, -0.25) is 0 Å². The van der Waals surface area contributed by atoms with Crippen molar-refractivity contribution in [3.8, 4) is 12.1 Å². The van der Waals surface area contributed by atoms with Crippen molar-refractivity contribution in [1.29, 1.82) is 10.5 Å². The van der Waals surface area contributed by atoms with Crippen LogP contribution in [0.4, 0.5) is 5.69 Å². The molecule has 1 radical (unpaired) electrons. The first-order valence-corrected chi connectivity index (χ1v) is 9.50. The van der Waals surface area contributed by atoms with Crippen LogP contribution in [-0.4, -0.2) is 26.6 Å². The number of nitrogens with zero attached hydrogens (tertiary/aromatic N) is 3. The first-order valence-electron chi connectivity index (χ1n) is 7.63. The molecule has 0 saturated heterocycles. The van der Waals surface area contributed by atoms with Gasteiger partial charge in [0, 0.05) is 0 Å². The number of amides is 1. The van der Waals surface area contributed by atoms with E-state index in [2.05, 4.69) is 29.0 Å². The van der Waals surface area contributed by atoms with Crippen LogP contribution in [0.3, 0.4) is 0 Å². The zero-order chi connectivity index (χ0) is 18.5. The standard InChI is InChI=1S/C20H12AsN4O/c1-2-19(26)25-16-6-7-18-17(9-16)20(14(11-23)12-24-18)21-15-5-3-4-13(8-15)10-22/h2-9,12H,1H2,(H,25,26). The molecule has 2 aromatic carbocycles. The zero-order valence-corrected chi connectivity index (χ0v) is 15.5. The Hall–Kier alpha value is -3.40. The predicted octanol–water partition coefficient (Wildman–Crippen LogP) is 1.76. The molecule has 0 aliphatic heterocycles. The summed E-state index contributed by atoms with van der Waals surface area (Å²) in [6.45, 7) is 3.45. The van der Waals surface area contributed by atoms with Crippen LogP contribution in [0.15, 0.2) is 61.3 Å². The Balaban J connectivity index is 2.12. The minimum absolute atomic E-state index is 0.301. The van der Waals surface area contributed by atoms with Gasteiger partial charge in [-0.25, -0.2) is 0 Å². The molecule has 6 heteroatoms. The number of fused-ring (bicyclic) bond motifs is 1. The van der Waals surface area contributed by atoms with Gasteiger partial charge in [0.05, 0.1) is 0 Å². The average Bonchev–Trinajstić information content (AvgIpc) is 2.68. The third-order valence-corrected chi connectivity index (χ3v) is 6.23. The van der Waals surface area contributed by atoms with Crippen molar-refractivity contribution < 1.29 is 4.79 Å². The third kappa shape index (κ3) is 3.64. The Morgan fingerprint density at radius 1 is 1.19 bits per heavy atom. The predicted molar refractivity (Wildman–Crippen MR) is 101 cm³/mol. The number of benzene rings is 2. The van der Waals surface area contributed by atoms with Gasteiger partial charge in [-0.2, -0.15) is 0 Å². The molecule has 1 aromatic heterocycles. The van der Waals surface area contributed by atoms with Gasteiger partial charge < -0.3 is 0 Å². The molecule has 3 aromatic rings. The van der Waals surface area contributed by atoms with Gasteiger partial charge in [0.1, 0.15) is 0 Å². The number of hydrogen-bond acceptors (Lipinski definition) is 4. The average molecular weight is 399 g/mol. The van der Waals surface area contributed by atoms with Crippen molar-refractivity contribution in [3.05, 3.63) is 72.4 Å². The zero-order valence-electron chi connectivity index (χ0n) is 13.6. The van der Waals surface area contributed by atoms with Crippen molar-refractivity contribution in [1.82, 2.24) is 4.98 Å². The molecule has 0 atom stereocenters. The van der Waals surface area contributed by atoms with Crippen LogP contribution in [-0.2, 0) is 4.79 Å². The molecule has 1 heterocycles. The fourth-order valence-electron chi connectivity index (χ4n) is 2.43. The van der Waals surface area contributed by atoms with E-state index in [-0.39, 0.29) is 5.91 Å². The van der Waals surface area contributed by atoms with Gasteiger partial charge in [-0.05, 0) is 0 Å². The number of anilines is 1. The van der Waals surface area contributed by atoms with E-state index in [1.54, 1.807) is 18.3 Å². The summed E-state index contributed by atoms with van der Waals surface area (Å²) in [6.07, 6.45) is 2.78. The SMILES string of the molecule is C=CC(=O)Nc1ccc2ncc(C#N)c([As]c3cccc(C#N)c3)c2c1. The van der Waals surface area contributed by atoms with E-state index in [1.165, 1.54) is 6.08 Å². The second-order valence-corrected chi connectivity index (χ2v) is 7.82. The molecule has 0 fully saturated rings. The van der Waals surface area contributed by atoms with Gasteiger partial charge in [0.25, 0.3) is 0 Å². The normalized spacial score (nSPS) is 10.4. The fourth-order valence-corrected chi connectivity index (χ4v) is 4.84. The first-order chi connectivity index (χ1) is 12.6. The number of carbonyl (C=O) groups excluding carboxylic acids is 1. The molecule has 5 nitrogen and oxygen atoms in total. The van der Waals surface area contributed by atoms with Gasteiger partial charge >= 0.3 is 157 Å². The molecular formula is C20H12AsN4O. The van der Waals surface area contributed by atoms with Crippen LogP contribution in [0.1, 0.15) is 11.1 Å².